The van der Waals surface area contributed by atoms with Crippen molar-refractivity contribution in [1.29, 1.82) is 0 Å². The number of nitrogens with one attached hydrogen (secondary N) is 1. The minimum Gasteiger partial charge on any atom is -0.392 e. The van der Waals surface area contributed by atoms with E-state index in [1.54, 1.807) is 24.1 Å². The van der Waals surface area contributed by atoms with Gasteiger partial charge in [0.2, 0.25) is 11.8 Å². The Bertz CT molecular complexity index is 1120. The van der Waals surface area contributed by atoms with Crippen LogP contribution in [0.1, 0.15) is 23.6 Å². The Morgan fingerprint density at radius 1 is 1.25 bits per heavy atom. The molecule has 1 fully saturated rings. The highest BCUT2D eigenvalue weighted by Crippen LogP contribution is 2.29. The molecule has 0 spiro atoms. The quantitative estimate of drug-likeness (QED) is 0.676. The molecule has 0 unspecified atom stereocenters. The minimum atomic E-state index is -3.65. The van der Waals surface area contributed by atoms with Crippen molar-refractivity contribution in [2.45, 2.75) is 29.9 Å². The van der Waals surface area contributed by atoms with Gasteiger partial charge in [-0.25, -0.2) is 8.42 Å². The fourth-order valence-electron chi connectivity index (χ4n) is 4.32. The third-order valence-corrected chi connectivity index (χ3v) is 7.72. The average molecular weight is 458 g/mol. The molecule has 2 amide bonds. The van der Waals surface area contributed by atoms with Gasteiger partial charge in [-0.15, -0.1) is 0 Å². The predicted molar refractivity (Wildman–Crippen MR) is 120 cm³/mol. The van der Waals surface area contributed by atoms with Crippen LogP contribution in [0.3, 0.4) is 0 Å². The zero-order valence-corrected chi connectivity index (χ0v) is 18.7. The third kappa shape index (κ3) is 4.85. The fourth-order valence-corrected chi connectivity index (χ4v) is 5.61. The molecule has 2 aromatic carbocycles. The first-order valence-corrected chi connectivity index (χ1v) is 12.2. The number of amides is 2. The van der Waals surface area contributed by atoms with E-state index < -0.39 is 21.5 Å². The molecular weight excluding hydrogens is 430 g/mol. The fraction of sp³-hybridized carbons (Fsp3) is 0.391. The van der Waals surface area contributed by atoms with E-state index in [1.807, 2.05) is 30.3 Å². The summed E-state index contributed by atoms with van der Waals surface area (Å²) in [6.45, 7) is 1.98. The van der Waals surface area contributed by atoms with Crippen LogP contribution in [-0.2, 0) is 25.8 Å². The number of β-amino-alcohol motifs (C(OH)–C–C–N with tert-alkyl or cyclic N) is 1. The number of fused-ring (bicyclic) bond motifs is 1. The van der Waals surface area contributed by atoms with Crippen molar-refractivity contribution in [1.82, 2.24) is 9.80 Å². The van der Waals surface area contributed by atoms with Gasteiger partial charge in [0.05, 0.1) is 29.1 Å². The van der Waals surface area contributed by atoms with Crippen LogP contribution in [0.2, 0.25) is 0 Å². The molecule has 2 aliphatic heterocycles. The van der Waals surface area contributed by atoms with Crippen molar-refractivity contribution in [3.63, 3.8) is 0 Å². The zero-order valence-electron chi connectivity index (χ0n) is 17.9. The second-order valence-electron chi connectivity index (χ2n) is 8.45. The number of nitrogens with zero attached hydrogens (tertiary/aromatic N) is 2. The molecule has 0 bridgehead atoms. The lowest BCUT2D eigenvalue weighted by Crippen LogP contribution is -2.39. The molecule has 2 N–H and O–H groups in total. The molecule has 2 atom stereocenters. The Morgan fingerprint density at radius 2 is 2.00 bits per heavy atom. The van der Waals surface area contributed by atoms with Crippen molar-refractivity contribution in [2.24, 2.45) is 0 Å². The van der Waals surface area contributed by atoms with Gasteiger partial charge in [0.1, 0.15) is 5.75 Å². The van der Waals surface area contributed by atoms with Crippen molar-refractivity contribution in [3.05, 3.63) is 59.7 Å². The summed E-state index contributed by atoms with van der Waals surface area (Å²) < 4.78 is 24.4. The summed E-state index contributed by atoms with van der Waals surface area (Å²) in [5, 5.41) is 12.5. The molecule has 8 nitrogen and oxygen atoms in total. The maximum absolute atomic E-state index is 13.2. The maximum Gasteiger partial charge on any atom is 0.239 e. The third-order valence-electron chi connectivity index (χ3n) is 6.05. The minimum absolute atomic E-state index is 0.0751. The van der Waals surface area contributed by atoms with Crippen molar-refractivity contribution < 1.29 is 23.1 Å². The van der Waals surface area contributed by atoms with E-state index in [0.717, 1.165) is 18.5 Å². The standard InChI is InChI=1S/C23H27N3O5S/c1-25(20(17-5-3-2-4-6-17)14-26-10-9-18(27)13-26)23(29)12-16-7-8-21-19(11-16)24-22(28)15-32(21,30)31/h2-8,11,18,20,27H,9-10,12-15H2,1H3,(H,24,28)/t18-,20+/m0/s1. The number of benzene rings is 2. The number of aliphatic hydroxyl groups excluding tert-OH is 1. The van der Waals surface area contributed by atoms with Gasteiger partial charge in [0.15, 0.2) is 9.84 Å². The molecule has 2 aromatic rings. The first-order chi connectivity index (χ1) is 15.2. The topological polar surface area (TPSA) is 107 Å². The van der Waals surface area contributed by atoms with Gasteiger partial charge >= 0.3 is 0 Å². The molecule has 1 saturated heterocycles. The Hall–Kier alpha value is -2.75. The van der Waals surface area contributed by atoms with Crippen LogP contribution in [-0.4, -0.2) is 73.7 Å². The normalized spacial score (nSPS) is 20.9. The number of rotatable bonds is 6. The molecule has 2 heterocycles. The summed E-state index contributed by atoms with van der Waals surface area (Å²) in [5.74, 6) is -1.26. The first-order valence-electron chi connectivity index (χ1n) is 10.6. The lowest BCUT2D eigenvalue weighted by atomic mass is 10.0. The molecule has 2 aliphatic rings. The summed E-state index contributed by atoms with van der Waals surface area (Å²) in [7, 11) is -1.89. The van der Waals surface area contributed by atoms with Crippen LogP contribution in [0.4, 0.5) is 5.69 Å². The van der Waals surface area contributed by atoms with E-state index in [1.165, 1.54) is 6.07 Å². The monoisotopic (exact) mass is 457 g/mol. The van der Waals surface area contributed by atoms with Crippen molar-refractivity contribution >= 4 is 27.3 Å². The molecule has 0 radical (unpaired) electrons. The number of likely N-dealkylation sites (tertiary alicyclic amines) is 1. The Balaban J connectivity index is 1.53. The Labute approximate surface area is 187 Å². The smallest absolute Gasteiger partial charge is 0.239 e. The second kappa shape index (κ2) is 9.01. The highest BCUT2D eigenvalue weighted by Gasteiger charge is 2.30. The average Bonchev–Trinajstić information content (AvgIpc) is 3.16. The van der Waals surface area contributed by atoms with Crippen LogP contribution in [0.15, 0.2) is 53.4 Å². The number of anilines is 1. The molecule has 0 aromatic heterocycles. The predicted octanol–water partition coefficient (Wildman–Crippen LogP) is 1.22. The van der Waals surface area contributed by atoms with Gasteiger partial charge < -0.3 is 15.3 Å². The molecule has 4 rings (SSSR count). The van der Waals surface area contributed by atoms with Gasteiger partial charge in [0, 0.05) is 26.7 Å². The Morgan fingerprint density at radius 3 is 2.69 bits per heavy atom. The van der Waals surface area contributed by atoms with Crippen molar-refractivity contribution in [2.75, 3.05) is 37.8 Å². The lowest BCUT2D eigenvalue weighted by molar-refractivity contribution is -0.131. The summed E-state index contributed by atoms with van der Waals surface area (Å²) in [5.41, 5.74) is 1.86. The zero-order chi connectivity index (χ0) is 22.9. The SMILES string of the molecule is CN(C(=O)Cc1ccc2c(c1)NC(=O)CS2(=O)=O)[C@H](CN1CC[C@H](O)C1)c1ccccc1. The van der Waals surface area contributed by atoms with Crippen molar-refractivity contribution in [3.8, 4) is 0 Å². The van der Waals surface area contributed by atoms with Crippen LogP contribution < -0.4 is 5.32 Å². The Kier molecular flexibility index (Phi) is 6.32. The first kappa shape index (κ1) is 22.4. The molecule has 170 valence electrons. The van der Waals surface area contributed by atoms with E-state index in [0.29, 0.717) is 18.7 Å². The summed E-state index contributed by atoms with van der Waals surface area (Å²) in [6, 6.07) is 14.2. The van der Waals surface area contributed by atoms with E-state index in [4.69, 9.17) is 0 Å². The van der Waals surface area contributed by atoms with E-state index in [2.05, 4.69) is 10.2 Å². The lowest BCUT2D eigenvalue weighted by Gasteiger charge is -2.32. The van der Waals surface area contributed by atoms with Crippen LogP contribution in [0.25, 0.3) is 0 Å². The van der Waals surface area contributed by atoms with E-state index in [9.17, 15) is 23.1 Å². The van der Waals surface area contributed by atoms with Gasteiger partial charge in [-0.05, 0) is 29.7 Å². The van der Waals surface area contributed by atoms with Gasteiger partial charge in [-0.3, -0.25) is 14.5 Å². The summed E-state index contributed by atoms with van der Waals surface area (Å²) >= 11 is 0. The number of aliphatic hydroxyl groups is 1. The van der Waals surface area contributed by atoms with Gasteiger partial charge in [0.25, 0.3) is 0 Å². The number of carbonyl (C=O) groups is 2. The van der Waals surface area contributed by atoms with Gasteiger partial charge in [-0.1, -0.05) is 36.4 Å². The molecular formula is C23H27N3O5S. The maximum atomic E-state index is 13.2. The summed E-state index contributed by atoms with van der Waals surface area (Å²) in [6.07, 6.45) is 0.462. The number of likely N-dealkylation sites (N-methyl/N-ethyl adjacent to an activating group) is 1. The molecule has 9 heteroatoms. The molecule has 0 saturated carbocycles. The van der Waals surface area contributed by atoms with E-state index in [-0.39, 0.29) is 35.1 Å². The number of hydrogen-bond donors (Lipinski definition) is 2. The summed E-state index contributed by atoms with van der Waals surface area (Å²) in [4.78, 5) is 28.8. The number of carbonyl (C=O) groups excluding carboxylic acids is 2. The second-order valence-corrected chi connectivity index (χ2v) is 10.4. The van der Waals surface area contributed by atoms with Crippen LogP contribution >= 0.6 is 0 Å². The van der Waals surface area contributed by atoms with Crippen LogP contribution in [0, 0.1) is 0 Å². The highest BCUT2D eigenvalue weighted by atomic mass is 32.2. The molecule has 0 aliphatic carbocycles. The van der Waals surface area contributed by atoms with Gasteiger partial charge in [-0.2, -0.15) is 0 Å². The van der Waals surface area contributed by atoms with Crippen LogP contribution in [0.5, 0.6) is 0 Å². The number of sulfone groups is 1. The van der Waals surface area contributed by atoms with E-state index >= 15 is 0 Å². The largest absolute Gasteiger partial charge is 0.392 e. The number of hydrogen-bond acceptors (Lipinski definition) is 6. The highest BCUT2D eigenvalue weighted by molar-refractivity contribution is 7.92. The molecule has 32 heavy (non-hydrogen) atoms.